The molecule has 0 bridgehead atoms. The van der Waals surface area contributed by atoms with E-state index in [0.717, 1.165) is 19.0 Å². The predicted octanol–water partition coefficient (Wildman–Crippen LogP) is 3.26. The SMILES string of the molecule is CCCN(Cc1csc(CNC(C)C)n1)CC1CC1. The molecule has 2 rings (SSSR count). The largest absolute Gasteiger partial charge is 0.308 e. The number of nitrogens with zero attached hydrogens (tertiary/aromatic N) is 2. The molecule has 1 aliphatic rings. The van der Waals surface area contributed by atoms with E-state index >= 15 is 0 Å². The highest BCUT2D eigenvalue weighted by Gasteiger charge is 2.24. The van der Waals surface area contributed by atoms with Crippen molar-refractivity contribution < 1.29 is 0 Å². The second kappa shape index (κ2) is 7.36. The maximum absolute atomic E-state index is 4.75. The van der Waals surface area contributed by atoms with Crippen LogP contribution in [-0.4, -0.2) is 29.0 Å². The average Bonchev–Trinajstić information content (AvgIpc) is 3.05. The summed E-state index contributed by atoms with van der Waals surface area (Å²) >= 11 is 1.79. The van der Waals surface area contributed by atoms with Crippen LogP contribution in [0.25, 0.3) is 0 Å². The lowest BCUT2D eigenvalue weighted by Crippen LogP contribution is -2.26. The van der Waals surface area contributed by atoms with Crippen molar-refractivity contribution in [1.29, 1.82) is 0 Å². The summed E-state index contributed by atoms with van der Waals surface area (Å²) in [6.07, 6.45) is 4.10. The maximum atomic E-state index is 4.75. The Labute approximate surface area is 121 Å². The fraction of sp³-hybridized carbons (Fsp3) is 0.800. The van der Waals surface area contributed by atoms with Gasteiger partial charge in [-0.25, -0.2) is 4.98 Å². The molecule has 1 heterocycles. The van der Waals surface area contributed by atoms with E-state index in [1.54, 1.807) is 11.3 Å². The van der Waals surface area contributed by atoms with Crippen LogP contribution in [0.4, 0.5) is 0 Å². The molecule has 0 atom stereocenters. The van der Waals surface area contributed by atoms with Gasteiger partial charge in [0, 0.05) is 31.1 Å². The van der Waals surface area contributed by atoms with Gasteiger partial charge < -0.3 is 5.32 Å². The minimum Gasteiger partial charge on any atom is -0.308 e. The van der Waals surface area contributed by atoms with E-state index in [1.807, 2.05) is 0 Å². The Morgan fingerprint density at radius 1 is 1.47 bits per heavy atom. The van der Waals surface area contributed by atoms with Crippen molar-refractivity contribution in [3.63, 3.8) is 0 Å². The first-order chi connectivity index (χ1) is 9.17. The van der Waals surface area contributed by atoms with Gasteiger partial charge in [-0.15, -0.1) is 11.3 Å². The number of nitrogens with one attached hydrogen (secondary N) is 1. The fourth-order valence-electron chi connectivity index (χ4n) is 2.24. The first-order valence-electron chi connectivity index (χ1n) is 7.56. The topological polar surface area (TPSA) is 28.2 Å². The van der Waals surface area contributed by atoms with Gasteiger partial charge in [0.05, 0.1) is 5.69 Å². The van der Waals surface area contributed by atoms with E-state index in [4.69, 9.17) is 4.98 Å². The Kier molecular flexibility index (Phi) is 5.79. The van der Waals surface area contributed by atoms with Crippen LogP contribution < -0.4 is 5.32 Å². The van der Waals surface area contributed by atoms with Crippen molar-refractivity contribution in [2.75, 3.05) is 13.1 Å². The average molecular weight is 281 g/mol. The lowest BCUT2D eigenvalue weighted by Gasteiger charge is -2.20. The molecular weight excluding hydrogens is 254 g/mol. The maximum Gasteiger partial charge on any atom is 0.107 e. The summed E-state index contributed by atoms with van der Waals surface area (Å²) in [6, 6.07) is 0.527. The molecule has 0 saturated heterocycles. The van der Waals surface area contributed by atoms with E-state index in [1.165, 1.54) is 43.1 Å². The van der Waals surface area contributed by atoms with Crippen LogP contribution in [-0.2, 0) is 13.1 Å². The summed E-state index contributed by atoms with van der Waals surface area (Å²) in [5, 5.41) is 6.87. The van der Waals surface area contributed by atoms with E-state index in [-0.39, 0.29) is 0 Å². The van der Waals surface area contributed by atoms with Crippen LogP contribution in [0, 0.1) is 5.92 Å². The van der Waals surface area contributed by atoms with Gasteiger partial charge >= 0.3 is 0 Å². The zero-order chi connectivity index (χ0) is 13.7. The number of hydrogen-bond donors (Lipinski definition) is 1. The number of rotatable bonds is 9. The Hall–Kier alpha value is -0.450. The summed E-state index contributed by atoms with van der Waals surface area (Å²) in [5.41, 5.74) is 1.25. The van der Waals surface area contributed by atoms with Gasteiger partial charge in [0.15, 0.2) is 0 Å². The Morgan fingerprint density at radius 2 is 2.26 bits per heavy atom. The van der Waals surface area contributed by atoms with Crippen molar-refractivity contribution in [2.45, 2.75) is 59.2 Å². The number of hydrogen-bond acceptors (Lipinski definition) is 4. The Bertz CT molecular complexity index is 371. The minimum atomic E-state index is 0.527. The summed E-state index contributed by atoms with van der Waals surface area (Å²) in [6.45, 7) is 11.0. The van der Waals surface area contributed by atoms with Gasteiger partial charge in [-0.2, -0.15) is 0 Å². The van der Waals surface area contributed by atoms with Gasteiger partial charge in [0.25, 0.3) is 0 Å². The fourth-order valence-corrected chi connectivity index (χ4v) is 2.98. The quantitative estimate of drug-likeness (QED) is 0.753. The Balaban J connectivity index is 1.82. The highest BCUT2D eigenvalue weighted by molar-refractivity contribution is 7.09. The third kappa shape index (κ3) is 5.59. The van der Waals surface area contributed by atoms with E-state index in [2.05, 4.69) is 36.4 Å². The summed E-state index contributed by atoms with van der Waals surface area (Å²) < 4.78 is 0. The number of thiazole rings is 1. The molecule has 1 fully saturated rings. The molecule has 108 valence electrons. The van der Waals surface area contributed by atoms with Gasteiger partial charge in [-0.05, 0) is 31.7 Å². The molecule has 1 aliphatic carbocycles. The molecule has 0 unspecified atom stereocenters. The van der Waals surface area contributed by atoms with Crippen molar-refractivity contribution in [1.82, 2.24) is 15.2 Å². The summed E-state index contributed by atoms with van der Waals surface area (Å²) in [4.78, 5) is 7.32. The molecule has 1 N–H and O–H groups in total. The van der Waals surface area contributed by atoms with E-state index in [0.29, 0.717) is 6.04 Å². The lowest BCUT2D eigenvalue weighted by molar-refractivity contribution is 0.252. The van der Waals surface area contributed by atoms with Crippen LogP contribution in [0.1, 0.15) is 50.7 Å². The molecule has 1 saturated carbocycles. The summed E-state index contributed by atoms with van der Waals surface area (Å²) in [7, 11) is 0. The van der Waals surface area contributed by atoms with E-state index in [9.17, 15) is 0 Å². The molecule has 19 heavy (non-hydrogen) atoms. The molecule has 0 amide bonds. The van der Waals surface area contributed by atoms with Crippen LogP contribution in [0.15, 0.2) is 5.38 Å². The lowest BCUT2D eigenvalue weighted by atomic mass is 10.3. The second-order valence-corrected chi connectivity index (χ2v) is 6.89. The van der Waals surface area contributed by atoms with Gasteiger partial charge in [0.2, 0.25) is 0 Å². The van der Waals surface area contributed by atoms with Crippen molar-refractivity contribution in [3.05, 3.63) is 16.1 Å². The van der Waals surface area contributed by atoms with Crippen LogP contribution in [0.2, 0.25) is 0 Å². The minimum absolute atomic E-state index is 0.527. The predicted molar refractivity (Wildman–Crippen MR) is 82.4 cm³/mol. The van der Waals surface area contributed by atoms with E-state index < -0.39 is 0 Å². The molecular formula is C15H27N3S. The molecule has 1 aromatic heterocycles. The van der Waals surface area contributed by atoms with Gasteiger partial charge in [-0.1, -0.05) is 20.8 Å². The second-order valence-electron chi connectivity index (χ2n) is 5.95. The highest BCUT2D eigenvalue weighted by Crippen LogP contribution is 2.30. The molecule has 1 aromatic rings. The number of aromatic nitrogens is 1. The van der Waals surface area contributed by atoms with Crippen LogP contribution in [0.5, 0.6) is 0 Å². The van der Waals surface area contributed by atoms with Crippen LogP contribution >= 0.6 is 11.3 Å². The Morgan fingerprint density at radius 3 is 2.89 bits per heavy atom. The molecule has 4 heteroatoms. The van der Waals surface area contributed by atoms with Crippen molar-refractivity contribution in [3.8, 4) is 0 Å². The summed E-state index contributed by atoms with van der Waals surface area (Å²) in [5.74, 6) is 0.965. The standard InChI is InChI=1S/C15H27N3S/c1-4-7-18(9-13-5-6-13)10-14-11-19-15(17-14)8-16-12(2)3/h11-13,16H,4-10H2,1-3H3. The van der Waals surface area contributed by atoms with Crippen LogP contribution in [0.3, 0.4) is 0 Å². The first kappa shape index (κ1) is 14.9. The van der Waals surface area contributed by atoms with Gasteiger partial charge in [0.1, 0.15) is 5.01 Å². The molecule has 0 spiro atoms. The zero-order valence-electron chi connectivity index (χ0n) is 12.5. The van der Waals surface area contributed by atoms with Crippen molar-refractivity contribution >= 4 is 11.3 Å². The smallest absolute Gasteiger partial charge is 0.107 e. The monoisotopic (exact) mass is 281 g/mol. The normalized spacial score (nSPS) is 15.6. The molecule has 3 nitrogen and oxygen atoms in total. The third-order valence-electron chi connectivity index (χ3n) is 3.40. The molecule has 0 aliphatic heterocycles. The first-order valence-corrected chi connectivity index (χ1v) is 8.44. The zero-order valence-corrected chi connectivity index (χ0v) is 13.3. The molecule has 0 radical (unpaired) electrons. The van der Waals surface area contributed by atoms with Gasteiger partial charge in [-0.3, -0.25) is 4.90 Å². The molecule has 0 aromatic carbocycles. The van der Waals surface area contributed by atoms with Crippen molar-refractivity contribution in [2.24, 2.45) is 5.92 Å². The third-order valence-corrected chi connectivity index (χ3v) is 4.30. The highest BCUT2D eigenvalue weighted by atomic mass is 32.1.